The van der Waals surface area contributed by atoms with Crippen LogP contribution >= 0.6 is 11.8 Å². The Morgan fingerprint density at radius 1 is 1.10 bits per heavy atom. The molecule has 2 aromatic carbocycles. The fraction of sp³-hybridized carbons (Fsp3) is 0.200. The molecule has 0 amide bonds. The molecule has 110 valence electrons. The van der Waals surface area contributed by atoms with Gasteiger partial charge in [0.05, 0.1) is 4.90 Å². The van der Waals surface area contributed by atoms with E-state index >= 15 is 0 Å². The molecule has 0 aromatic heterocycles. The zero-order valence-corrected chi connectivity index (χ0v) is 12.8. The van der Waals surface area contributed by atoms with Crippen LogP contribution in [0.3, 0.4) is 0 Å². The molecule has 1 atom stereocenters. The van der Waals surface area contributed by atoms with Crippen molar-refractivity contribution in [1.29, 1.82) is 0 Å². The van der Waals surface area contributed by atoms with Crippen LogP contribution in [0.15, 0.2) is 58.3 Å². The van der Waals surface area contributed by atoms with Crippen molar-refractivity contribution >= 4 is 21.8 Å². The lowest BCUT2D eigenvalue weighted by Crippen LogP contribution is -2.30. The number of thioether (sulfide) groups is 1. The molecule has 0 aliphatic carbocycles. The van der Waals surface area contributed by atoms with E-state index in [1.165, 1.54) is 12.1 Å². The molecule has 0 bridgehead atoms. The molecule has 0 saturated heterocycles. The van der Waals surface area contributed by atoms with E-state index in [9.17, 15) is 12.8 Å². The molecular formula is C15H14FNO2S2. The molecule has 21 heavy (non-hydrogen) atoms. The highest BCUT2D eigenvalue weighted by Crippen LogP contribution is 2.36. The van der Waals surface area contributed by atoms with Gasteiger partial charge in [-0.05, 0) is 48.1 Å². The molecule has 0 fully saturated rings. The number of fused-ring (bicyclic) bond motifs is 1. The van der Waals surface area contributed by atoms with E-state index in [4.69, 9.17) is 0 Å². The summed E-state index contributed by atoms with van der Waals surface area (Å²) in [4.78, 5) is 1.19. The Bertz CT molecular complexity index is 745. The van der Waals surface area contributed by atoms with Gasteiger partial charge >= 0.3 is 0 Å². The first-order valence-corrected chi connectivity index (χ1v) is 9.03. The maximum Gasteiger partial charge on any atom is 0.241 e. The van der Waals surface area contributed by atoms with Gasteiger partial charge in [0.25, 0.3) is 0 Å². The lowest BCUT2D eigenvalue weighted by molar-refractivity contribution is 0.545. The molecule has 2 aromatic rings. The van der Waals surface area contributed by atoms with Gasteiger partial charge in [-0.1, -0.05) is 18.2 Å². The van der Waals surface area contributed by atoms with Crippen molar-refractivity contribution in [3.8, 4) is 0 Å². The van der Waals surface area contributed by atoms with Crippen LogP contribution < -0.4 is 4.72 Å². The summed E-state index contributed by atoms with van der Waals surface area (Å²) in [6, 6.07) is 12.4. The number of benzene rings is 2. The van der Waals surface area contributed by atoms with Gasteiger partial charge in [0, 0.05) is 10.9 Å². The van der Waals surface area contributed by atoms with Crippen molar-refractivity contribution < 1.29 is 12.8 Å². The molecule has 6 heteroatoms. The first-order valence-electron chi connectivity index (χ1n) is 6.56. The van der Waals surface area contributed by atoms with Gasteiger partial charge in [0.15, 0.2) is 0 Å². The first-order chi connectivity index (χ1) is 10.1. The topological polar surface area (TPSA) is 46.2 Å². The molecule has 1 aliphatic heterocycles. The van der Waals surface area contributed by atoms with E-state index in [1.807, 2.05) is 24.3 Å². The predicted octanol–water partition coefficient (Wildman–Crippen LogP) is 3.34. The quantitative estimate of drug-likeness (QED) is 0.942. The minimum absolute atomic E-state index is 0.0830. The van der Waals surface area contributed by atoms with E-state index in [2.05, 4.69) is 4.72 Å². The van der Waals surface area contributed by atoms with E-state index in [1.54, 1.807) is 11.8 Å². The Hall–Kier alpha value is -1.37. The van der Waals surface area contributed by atoms with E-state index in [-0.39, 0.29) is 10.9 Å². The highest BCUT2D eigenvalue weighted by molar-refractivity contribution is 7.99. The van der Waals surface area contributed by atoms with Gasteiger partial charge in [-0.15, -0.1) is 11.8 Å². The third-order valence-electron chi connectivity index (χ3n) is 3.38. The maximum absolute atomic E-state index is 12.9. The Kier molecular flexibility index (Phi) is 4.01. The number of halogens is 1. The normalized spacial score (nSPS) is 18.2. The number of hydrogen-bond acceptors (Lipinski definition) is 3. The molecule has 0 radical (unpaired) electrons. The van der Waals surface area contributed by atoms with Crippen molar-refractivity contribution in [1.82, 2.24) is 4.72 Å². The summed E-state index contributed by atoms with van der Waals surface area (Å²) >= 11 is 1.73. The standard InChI is InChI=1S/C15H14FNO2S2/c16-11-5-7-12(8-6-11)21(18,19)17-14-9-10-20-15-4-2-1-3-13(14)15/h1-8,14,17H,9-10H2/t14-/m0/s1. The first kappa shape index (κ1) is 14.6. The molecular weight excluding hydrogens is 309 g/mol. The van der Waals surface area contributed by atoms with Crippen molar-refractivity contribution in [2.45, 2.75) is 22.3 Å². The van der Waals surface area contributed by atoms with E-state index in [0.717, 1.165) is 34.8 Å². The van der Waals surface area contributed by atoms with Gasteiger partial charge in [0.2, 0.25) is 10.0 Å². The molecule has 0 unspecified atom stereocenters. The monoisotopic (exact) mass is 323 g/mol. The number of rotatable bonds is 3. The van der Waals surface area contributed by atoms with Crippen LogP contribution in [-0.2, 0) is 10.0 Å². The third-order valence-corrected chi connectivity index (χ3v) is 5.99. The number of hydrogen-bond donors (Lipinski definition) is 1. The molecule has 3 nitrogen and oxygen atoms in total. The van der Waals surface area contributed by atoms with Crippen LogP contribution in [0.2, 0.25) is 0 Å². The highest BCUT2D eigenvalue weighted by Gasteiger charge is 2.25. The summed E-state index contributed by atoms with van der Waals surface area (Å²) < 4.78 is 40.4. The predicted molar refractivity (Wildman–Crippen MR) is 81.2 cm³/mol. The largest absolute Gasteiger partial charge is 0.241 e. The second-order valence-electron chi connectivity index (χ2n) is 4.80. The van der Waals surface area contributed by atoms with Crippen LogP contribution in [0.5, 0.6) is 0 Å². The summed E-state index contributed by atoms with van der Waals surface area (Å²) in [5, 5.41) is 0. The van der Waals surface area contributed by atoms with Gasteiger partial charge in [0.1, 0.15) is 5.82 Å². The average molecular weight is 323 g/mol. The Morgan fingerprint density at radius 3 is 2.57 bits per heavy atom. The van der Waals surface area contributed by atoms with Crippen LogP contribution in [-0.4, -0.2) is 14.2 Å². The number of nitrogens with one attached hydrogen (secondary N) is 1. The van der Waals surface area contributed by atoms with Gasteiger partial charge < -0.3 is 0 Å². The Balaban J connectivity index is 1.88. The van der Waals surface area contributed by atoms with Gasteiger partial charge in [-0.25, -0.2) is 17.5 Å². The van der Waals surface area contributed by atoms with Crippen molar-refractivity contribution in [3.63, 3.8) is 0 Å². The summed E-state index contributed by atoms with van der Waals surface area (Å²) in [6.45, 7) is 0. The van der Waals surface area contributed by atoms with E-state index in [0.29, 0.717) is 0 Å². The average Bonchev–Trinajstić information content (AvgIpc) is 2.48. The van der Waals surface area contributed by atoms with Crippen LogP contribution in [0.25, 0.3) is 0 Å². The Labute approximate surface area is 127 Å². The third kappa shape index (κ3) is 3.12. The second-order valence-corrected chi connectivity index (χ2v) is 7.65. The SMILES string of the molecule is O=S(=O)(N[C@H]1CCSc2ccccc21)c1ccc(F)cc1. The second kappa shape index (κ2) is 5.79. The zero-order valence-electron chi connectivity index (χ0n) is 11.1. The molecule has 1 heterocycles. The van der Waals surface area contributed by atoms with Crippen molar-refractivity contribution in [3.05, 3.63) is 59.9 Å². The maximum atomic E-state index is 12.9. The fourth-order valence-corrected chi connectivity index (χ4v) is 4.71. The summed E-state index contributed by atoms with van der Waals surface area (Å²) in [5.41, 5.74) is 0.999. The van der Waals surface area contributed by atoms with Crippen LogP contribution in [0, 0.1) is 5.82 Å². The minimum atomic E-state index is -3.65. The van der Waals surface area contributed by atoms with Crippen molar-refractivity contribution in [2.24, 2.45) is 0 Å². The smallest absolute Gasteiger partial charge is 0.207 e. The molecule has 1 N–H and O–H groups in total. The summed E-state index contributed by atoms with van der Waals surface area (Å²) in [6.07, 6.45) is 0.738. The molecule has 0 spiro atoms. The van der Waals surface area contributed by atoms with Crippen molar-refractivity contribution in [2.75, 3.05) is 5.75 Å². The lowest BCUT2D eigenvalue weighted by atomic mass is 10.1. The number of sulfonamides is 1. The van der Waals surface area contributed by atoms with Gasteiger partial charge in [-0.3, -0.25) is 0 Å². The van der Waals surface area contributed by atoms with Crippen LogP contribution in [0.1, 0.15) is 18.0 Å². The summed E-state index contributed by atoms with van der Waals surface area (Å²) in [5.74, 6) is 0.418. The molecule has 3 rings (SSSR count). The summed E-state index contributed by atoms with van der Waals surface area (Å²) in [7, 11) is -3.65. The Morgan fingerprint density at radius 2 is 1.81 bits per heavy atom. The van der Waals surface area contributed by atoms with Gasteiger partial charge in [-0.2, -0.15) is 0 Å². The molecule has 1 aliphatic rings. The fourth-order valence-electron chi connectivity index (χ4n) is 2.33. The highest BCUT2D eigenvalue weighted by atomic mass is 32.2. The van der Waals surface area contributed by atoms with Crippen LogP contribution in [0.4, 0.5) is 4.39 Å². The van der Waals surface area contributed by atoms with E-state index < -0.39 is 15.8 Å². The lowest BCUT2D eigenvalue weighted by Gasteiger charge is -2.25. The zero-order chi connectivity index (χ0) is 14.9. The molecule has 0 saturated carbocycles. The minimum Gasteiger partial charge on any atom is -0.207 e.